The van der Waals surface area contributed by atoms with Gasteiger partial charge in [-0.25, -0.2) is 0 Å². The summed E-state index contributed by atoms with van der Waals surface area (Å²) in [5.74, 6) is 0. The van der Waals surface area contributed by atoms with Crippen LogP contribution in [0.15, 0.2) is 18.2 Å². The standard InChI is InChI=1S/C14H21ClN2O/c1-10-7-17(12(9-18)8-16(10)3)14-6-4-5-13(15)11(14)2/h4-6,10,12,18H,7-9H2,1-3H3. The normalized spacial score (nSPS) is 25.5. The highest BCUT2D eigenvalue weighted by Gasteiger charge is 2.30. The SMILES string of the molecule is Cc1c(Cl)cccc1N1CC(C)N(C)CC1CO. The Hall–Kier alpha value is -0.770. The van der Waals surface area contributed by atoms with E-state index in [1.807, 2.05) is 19.1 Å². The van der Waals surface area contributed by atoms with Gasteiger partial charge in [-0.05, 0) is 38.6 Å². The van der Waals surface area contributed by atoms with E-state index in [4.69, 9.17) is 11.6 Å². The molecule has 0 bridgehead atoms. The summed E-state index contributed by atoms with van der Waals surface area (Å²) in [6, 6.07) is 6.59. The van der Waals surface area contributed by atoms with Crippen molar-refractivity contribution in [2.45, 2.75) is 25.9 Å². The molecule has 1 aliphatic heterocycles. The zero-order valence-corrected chi connectivity index (χ0v) is 12.0. The zero-order chi connectivity index (χ0) is 13.3. The molecule has 0 spiro atoms. The maximum absolute atomic E-state index is 9.59. The van der Waals surface area contributed by atoms with Gasteiger partial charge in [0.25, 0.3) is 0 Å². The van der Waals surface area contributed by atoms with Gasteiger partial charge in [0.2, 0.25) is 0 Å². The monoisotopic (exact) mass is 268 g/mol. The maximum Gasteiger partial charge on any atom is 0.0648 e. The maximum atomic E-state index is 9.59. The molecule has 1 fully saturated rings. The number of anilines is 1. The van der Waals surface area contributed by atoms with Gasteiger partial charge in [0.1, 0.15) is 0 Å². The lowest BCUT2D eigenvalue weighted by Crippen LogP contribution is -2.57. The van der Waals surface area contributed by atoms with Gasteiger partial charge in [-0.15, -0.1) is 0 Å². The van der Waals surface area contributed by atoms with Crippen molar-refractivity contribution in [3.8, 4) is 0 Å². The van der Waals surface area contributed by atoms with Crippen LogP contribution in [0.1, 0.15) is 12.5 Å². The van der Waals surface area contributed by atoms with E-state index in [9.17, 15) is 5.11 Å². The highest BCUT2D eigenvalue weighted by Crippen LogP contribution is 2.30. The first-order valence-corrected chi connectivity index (χ1v) is 6.75. The van der Waals surface area contributed by atoms with Crippen LogP contribution in [0.25, 0.3) is 0 Å². The van der Waals surface area contributed by atoms with Crippen LogP contribution in [-0.2, 0) is 0 Å². The Morgan fingerprint density at radius 3 is 2.78 bits per heavy atom. The Balaban J connectivity index is 2.32. The fourth-order valence-corrected chi connectivity index (χ4v) is 2.71. The van der Waals surface area contributed by atoms with Crippen molar-refractivity contribution in [2.24, 2.45) is 0 Å². The molecule has 0 aromatic heterocycles. The third-order valence-corrected chi connectivity index (χ3v) is 4.32. The van der Waals surface area contributed by atoms with Crippen molar-refractivity contribution in [1.82, 2.24) is 4.90 Å². The fourth-order valence-electron chi connectivity index (χ4n) is 2.54. The van der Waals surface area contributed by atoms with Crippen LogP contribution in [0.3, 0.4) is 0 Å². The average Bonchev–Trinajstić information content (AvgIpc) is 2.36. The Kier molecular flexibility index (Phi) is 4.15. The first-order valence-electron chi connectivity index (χ1n) is 6.37. The van der Waals surface area contributed by atoms with E-state index in [0.29, 0.717) is 6.04 Å². The third kappa shape index (κ3) is 2.48. The first kappa shape index (κ1) is 13.7. The summed E-state index contributed by atoms with van der Waals surface area (Å²) >= 11 is 6.19. The molecule has 18 heavy (non-hydrogen) atoms. The van der Waals surface area contributed by atoms with E-state index in [2.05, 4.69) is 29.8 Å². The van der Waals surface area contributed by atoms with Crippen LogP contribution < -0.4 is 4.90 Å². The van der Waals surface area contributed by atoms with Crippen molar-refractivity contribution in [3.63, 3.8) is 0 Å². The van der Waals surface area contributed by atoms with E-state index in [1.54, 1.807) is 0 Å². The molecule has 1 heterocycles. The number of hydrogen-bond acceptors (Lipinski definition) is 3. The minimum atomic E-state index is 0.142. The summed E-state index contributed by atoms with van der Waals surface area (Å²) in [6.45, 7) is 6.21. The topological polar surface area (TPSA) is 26.7 Å². The second-order valence-corrected chi connectivity index (χ2v) is 5.57. The van der Waals surface area contributed by atoms with E-state index in [1.165, 1.54) is 0 Å². The molecule has 1 aromatic rings. The number of hydrogen-bond donors (Lipinski definition) is 1. The van der Waals surface area contributed by atoms with Gasteiger partial charge < -0.3 is 10.0 Å². The van der Waals surface area contributed by atoms with Gasteiger partial charge in [0, 0.05) is 29.8 Å². The summed E-state index contributed by atoms with van der Waals surface area (Å²) in [5.41, 5.74) is 2.23. The quantitative estimate of drug-likeness (QED) is 0.890. The summed E-state index contributed by atoms with van der Waals surface area (Å²) in [5, 5.41) is 10.4. The smallest absolute Gasteiger partial charge is 0.0648 e. The lowest BCUT2D eigenvalue weighted by molar-refractivity contribution is 0.155. The molecule has 2 unspecified atom stereocenters. The zero-order valence-electron chi connectivity index (χ0n) is 11.2. The van der Waals surface area contributed by atoms with E-state index < -0.39 is 0 Å². The lowest BCUT2D eigenvalue weighted by atomic mass is 10.1. The highest BCUT2D eigenvalue weighted by atomic mass is 35.5. The molecule has 0 amide bonds. The van der Waals surface area contributed by atoms with Crippen molar-refractivity contribution < 1.29 is 5.11 Å². The molecule has 1 N–H and O–H groups in total. The molecule has 3 nitrogen and oxygen atoms in total. The lowest BCUT2D eigenvalue weighted by Gasteiger charge is -2.45. The first-order chi connectivity index (χ1) is 8.54. The van der Waals surface area contributed by atoms with Crippen LogP contribution in [0.5, 0.6) is 0 Å². The number of likely N-dealkylation sites (N-methyl/N-ethyl adjacent to an activating group) is 1. The van der Waals surface area contributed by atoms with Gasteiger partial charge in [0.15, 0.2) is 0 Å². The predicted molar refractivity (Wildman–Crippen MR) is 76.5 cm³/mol. The summed E-state index contributed by atoms with van der Waals surface area (Å²) in [6.07, 6.45) is 0. The number of aliphatic hydroxyl groups excluding tert-OH is 1. The molecule has 2 atom stereocenters. The number of halogens is 1. The van der Waals surface area contributed by atoms with Crippen LogP contribution in [-0.4, -0.2) is 48.8 Å². The fraction of sp³-hybridized carbons (Fsp3) is 0.571. The summed E-state index contributed by atoms with van der Waals surface area (Å²) < 4.78 is 0. The van der Waals surface area contributed by atoms with Gasteiger partial charge in [-0.2, -0.15) is 0 Å². The summed E-state index contributed by atoms with van der Waals surface area (Å²) in [4.78, 5) is 4.57. The molecule has 100 valence electrons. The Labute approximate surface area is 114 Å². The summed E-state index contributed by atoms with van der Waals surface area (Å²) in [7, 11) is 2.11. The third-order valence-electron chi connectivity index (χ3n) is 3.91. The van der Waals surface area contributed by atoms with Crippen molar-refractivity contribution in [2.75, 3.05) is 31.6 Å². The molecular formula is C14H21ClN2O. The van der Waals surface area contributed by atoms with Crippen molar-refractivity contribution in [3.05, 3.63) is 28.8 Å². The average molecular weight is 269 g/mol. The van der Waals surface area contributed by atoms with E-state index in [0.717, 1.165) is 29.4 Å². The molecule has 0 saturated carbocycles. The number of nitrogens with zero attached hydrogens (tertiary/aromatic N) is 2. The number of rotatable bonds is 2. The van der Waals surface area contributed by atoms with Crippen LogP contribution in [0.2, 0.25) is 5.02 Å². The van der Waals surface area contributed by atoms with Crippen molar-refractivity contribution >= 4 is 17.3 Å². The molecule has 4 heteroatoms. The van der Waals surface area contributed by atoms with E-state index >= 15 is 0 Å². The molecule has 0 aliphatic carbocycles. The van der Waals surface area contributed by atoms with Gasteiger partial charge in [0.05, 0.1) is 12.6 Å². The van der Waals surface area contributed by atoms with Crippen molar-refractivity contribution in [1.29, 1.82) is 0 Å². The molecule has 1 aliphatic rings. The molecule has 0 radical (unpaired) electrons. The molecular weight excluding hydrogens is 248 g/mol. The Morgan fingerprint density at radius 2 is 2.11 bits per heavy atom. The molecule has 1 aromatic carbocycles. The number of piperazine rings is 1. The minimum absolute atomic E-state index is 0.142. The van der Waals surface area contributed by atoms with Crippen LogP contribution in [0.4, 0.5) is 5.69 Å². The second-order valence-electron chi connectivity index (χ2n) is 5.16. The molecule has 2 rings (SSSR count). The number of benzene rings is 1. The van der Waals surface area contributed by atoms with E-state index in [-0.39, 0.29) is 12.6 Å². The van der Waals surface area contributed by atoms with Gasteiger partial charge in [-0.1, -0.05) is 17.7 Å². The predicted octanol–water partition coefficient (Wildman–Crippen LogP) is 2.15. The van der Waals surface area contributed by atoms with Crippen LogP contribution in [0, 0.1) is 6.92 Å². The Morgan fingerprint density at radius 1 is 1.39 bits per heavy atom. The van der Waals surface area contributed by atoms with Gasteiger partial charge in [-0.3, -0.25) is 4.90 Å². The number of aliphatic hydroxyl groups is 1. The van der Waals surface area contributed by atoms with Crippen LogP contribution >= 0.6 is 11.6 Å². The highest BCUT2D eigenvalue weighted by molar-refractivity contribution is 6.31. The second kappa shape index (κ2) is 5.47. The largest absolute Gasteiger partial charge is 0.394 e. The Bertz CT molecular complexity index is 424. The minimum Gasteiger partial charge on any atom is -0.394 e. The van der Waals surface area contributed by atoms with Gasteiger partial charge >= 0.3 is 0 Å². The molecule has 1 saturated heterocycles.